The summed E-state index contributed by atoms with van der Waals surface area (Å²) in [6, 6.07) is 7.76. The highest BCUT2D eigenvalue weighted by molar-refractivity contribution is 5.75. The van der Waals surface area contributed by atoms with E-state index in [9.17, 15) is 0 Å². The van der Waals surface area contributed by atoms with Gasteiger partial charge in [-0.2, -0.15) is 0 Å². The summed E-state index contributed by atoms with van der Waals surface area (Å²) in [5, 5.41) is 9.01. The number of aliphatic hydroxyl groups is 1. The number of benzene rings is 1. The Balaban J connectivity index is 2.47. The summed E-state index contributed by atoms with van der Waals surface area (Å²) < 4.78 is 2.09. The number of hydrogen-bond donors (Lipinski definition) is 2. The smallest absolute Gasteiger partial charge is 0.109 e. The predicted octanol–water partition coefficient (Wildman–Crippen LogP) is 0.918. The van der Waals surface area contributed by atoms with Gasteiger partial charge in [-0.3, -0.25) is 0 Å². The highest BCUT2D eigenvalue weighted by Crippen LogP contribution is 2.16. The average Bonchev–Trinajstić information content (AvgIpc) is 2.67. The SMILES string of the molecule is CCc1nc2ccccc2n1CC(N)CO. The van der Waals surface area contributed by atoms with Crippen molar-refractivity contribution in [1.82, 2.24) is 9.55 Å². The van der Waals surface area contributed by atoms with Gasteiger partial charge in [0.15, 0.2) is 0 Å². The molecular weight excluding hydrogens is 202 g/mol. The van der Waals surface area contributed by atoms with Gasteiger partial charge in [0, 0.05) is 19.0 Å². The van der Waals surface area contributed by atoms with Crippen LogP contribution in [0.4, 0.5) is 0 Å². The molecule has 0 bridgehead atoms. The van der Waals surface area contributed by atoms with Crippen molar-refractivity contribution in [3.05, 3.63) is 30.1 Å². The second-order valence-corrected chi connectivity index (χ2v) is 3.92. The average molecular weight is 219 g/mol. The van der Waals surface area contributed by atoms with Crippen LogP contribution in [0.15, 0.2) is 24.3 Å². The molecule has 0 aliphatic carbocycles. The highest BCUT2D eigenvalue weighted by atomic mass is 16.3. The highest BCUT2D eigenvalue weighted by Gasteiger charge is 2.11. The van der Waals surface area contributed by atoms with Gasteiger partial charge in [0.1, 0.15) is 5.82 Å². The van der Waals surface area contributed by atoms with Crippen LogP contribution in [-0.4, -0.2) is 27.3 Å². The zero-order valence-electron chi connectivity index (χ0n) is 9.43. The molecule has 2 aromatic rings. The van der Waals surface area contributed by atoms with Crippen molar-refractivity contribution in [2.75, 3.05) is 6.61 Å². The molecule has 0 spiro atoms. The quantitative estimate of drug-likeness (QED) is 0.803. The van der Waals surface area contributed by atoms with E-state index in [4.69, 9.17) is 10.8 Å². The first-order valence-corrected chi connectivity index (χ1v) is 5.56. The van der Waals surface area contributed by atoms with E-state index >= 15 is 0 Å². The first-order chi connectivity index (χ1) is 7.76. The van der Waals surface area contributed by atoms with Crippen LogP contribution in [0.25, 0.3) is 11.0 Å². The molecule has 0 radical (unpaired) electrons. The van der Waals surface area contributed by atoms with Gasteiger partial charge in [0.05, 0.1) is 17.6 Å². The van der Waals surface area contributed by atoms with E-state index in [1.165, 1.54) is 0 Å². The standard InChI is InChI=1S/C12H17N3O/c1-2-12-14-10-5-3-4-6-11(10)15(12)7-9(13)8-16/h3-6,9,16H,2,7-8,13H2,1H3. The first-order valence-electron chi connectivity index (χ1n) is 5.56. The van der Waals surface area contributed by atoms with Crippen molar-refractivity contribution in [3.8, 4) is 0 Å². The Morgan fingerprint density at radius 1 is 1.44 bits per heavy atom. The van der Waals surface area contributed by atoms with Gasteiger partial charge < -0.3 is 15.4 Å². The van der Waals surface area contributed by atoms with Crippen LogP contribution < -0.4 is 5.73 Å². The van der Waals surface area contributed by atoms with E-state index in [1.807, 2.05) is 24.3 Å². The molecule has 0 saturated carbocycles. The maximum atomic E-state index is 9.01. The molecule has 0 saturated heterocycles. The van der Waals surface area contributed by atoms with Crippen molar-refractivity contribution in [1.29, 1.82) is 0 Å². The molecule has 0 aliphatic heterocycles. The summed E-state index contributed by atoms with van der Waals surface area (Å²) >= 11 is 0. The number of aliphatic hydroxyl groups excluding tert-OH is 1. The number of aryl methyl sites for hydroxylation is 1. The lowest BCUT2D eigenvalue weighted by Crippen LogP contribution is -2.30. The van der Waals surface area contributed by atoms with Crippen molar-refractivity contribution < 1.29 is 5.11 Å². The third kappa shape index (κ3) is 1.94. The van der Waals surface area contributed by atoms with Crippen molar-refractivity contribution >= 4 is 11.0 Å². The van der Waals surface area contributed by atoms with Crippen LogP contribution in [0.1, 0.15) is 12.7 Å². The Hall–Kier alpha value is -1.39. The van der Waals surface area contributed by atoms with Crippen LogP contribution in [0.3, 0.4) is 0 Å². The lowest BCUT2D eigenvalue weighted by atomic mass is 10.3. The number of rotatable bonds is 4. The van der Waals surface area contributed by atoms with E-state index in [0.29, 0.717) is 6.54 Å². The minimum Gasteiger partial charge on any atom is -0.395 e. The molecule has 1 aromatic carbocycles. The Bertz CT molecular complexity index is 478. The van der Waals surface area contributed by atoms with Gasteiger partial charge in [-0.05, 0) is 12.1 Å². The third-order valence-electron chi connectivity index (χ3n) is 2.70. The molecule has 1 heterocycles. The van der Waals surface area contributed by atoms with Crippen LogP contribution in [0, 0.1) is 0 Å². The number of aromatic nitrogens is 2. The molecule has 4 heteroatoms. The molecule has 0 aliphatic rings. The van der Waals surface area contributed by atoms with E-state index in [0.717, 1.165) is 23.3 Å². The maximum absolute atomic E-state index is 9.01. The van der Waals surface area contributed by atoms with E-state index < -0.39 is 0 Å². The minimum absolute atomic E-state index is 0.00430. The number of imidazole rings is 1. The van der Waals surface area contributed by atoms with Crippen molar-refractivity contribution in [2.24, 2.45) is 5.73 Å². The topological polar surface area (TPSA) is 64.1 Å². The van der Waals surface area contributed by atoms with E-state index in [2.05, 4.69) is 16.5 Å². The van der Waals surface area contributed by atoms with Gasteiger partial charge in [-0.15, -0.1) is 0 Å². The molecule has 4 nitrogen and oxygen atoms in total. The summed E-state index contributed by atoms with van der Waals surface area (Å²) in [4.78, 5) is 4.54. The molecule has 16 heavy (non-hydrogen) atoms. The van der Waals surface area contributed by atoms with Crippen LogP contribution >= 0.6 is 0 Å². The summed E-state index contributed by atoms with van der Waals surface area (Å²) in [5.74, 6) is 1.02. The maximum Gasteiger partial charge on any atom is 0.109 e. The molecule has 1 unspecified atom stereocenters. The first kappa shape index (κ1) is 11.1. The van der Waals surface area contributed by atoms with Crippen molar-refractivity contribution in [2.45, 2.75) is 25.9 Å². The van der Waals surface area contributed by atoms with Gasteiger partial charge in [-0.25, -0.2) is 4.98 Å². The zero-order chi connectivity index (χ0) is 11.5. The second-order valence-electron chi connectivity index (χ2n) is 3.92. The molecule has 2 rings (SSSR count). The lowest BCUT2D eigenvalue weighted by molar-refractivity contribution is 0.254. The second kappa shape index (κ2) is 4.63. The van der Waals surface area contributed by atoms with E-state index in [1.54, 1.807) is 0 Å². The number of nitrogens with two attached hydrogens (primary N) is 1. The van der Waals surface area contributed by atoms with E-state index in [-0.39, 0.29) is 12.6 Å². The molecule has 3 N–H and O–H groups in total. The fourth-order valence-corrected chi connectivity index (χ4v) is 1.89. The molecule has 0 fully saturated rings. The van der Waals surface area contributed by atoms with Gasteiger partial charge >= 0.3 is 0 Å². The summed E-state index contributed by atoms with van der Waals surface area (Å²) in [7, 11) is 0. The fourth-order valence-electron chi connectivity index (χ4n) is 1.89. The largest absolute Gasteiger partial charge is 0.395 e. The zero-order valence-corrected chi connectivity index (χ0v) is 9.43. The number of hydrogen-bond acceptors (Lipinski definition) is 3. The minimum atomic E-state index is -0.233. The van der Waals surface area contributed by atoms with Gasteiger partial charge in [0.25, 0.3) is 0 Å². The number of para-hydroxylation sites is 2. The monoisotopic (exact) mass is 219 g/mol. The Kier molecular flexibility index (Phi) is 3.22. The molecule has 1 atom stereocenters. The van der Waals surface area contributed by atoms with Crippen LogP contribution in [0.2, 0.25) is 0 Å². The fraction of sp³-hybridized carbons (Fsp3) is 0.417. The summed E-state index contributed by atoms with van der Waals surface area (Å²) in [6.45, 7) is 2.68. The van der Waals surface area contributed by atoms with Gasteiger partial charge in [-0.1, -0.05) is 19.1 Å². The molecule has 86 valence electrons. The summed E-state index contributed by atoms with van der Waals surface area (Å²) in [5.41, 5.74) is 7.86. The summed E-state index contributed by atoms with van der Waals surface area (Å²) in [6.07, 6.45) is 0.868. The van der Waals surface area contributed by atoms with Gasteiger partial charge in [0.2, 0.25) is 0 Å². The molecule has 0 amide bonds. The Morgan fingerprint density at radius 2 is 2.19 bits per heavy atom. The number of nitrogens with zero attached hydrogens (tertiary/aromatic N) is 2. The molecular formula is C12H17N3O. The Labute approximate surface area is 94.7 Å². The third-order valence-corrected chi connectivity index (χ3v) is 2.70. The Morgan fingerprint density at radius 3 is 2.88 bits per heavy atom. The van der Waals surface area contributed by atoms with Crippen molar-refractivity contribution in [3.63, 3.8) is 0 Å². The van der Waals surface area contributed by atoms with Crippen LogP contribution in [-0.2, 0) is 13.0 Å². The normalized spacial score (nSPS) is 13.2. The number of fused-ring (bicyclic) bond motifs is 1. The van der Waals surface area contributed by atoms with Crippen LogP contribution in [0.5, 0.6) is 0 Å². The predicted molar refractivity (Wildman–Crippen MR) is 64.2 cm³/mol. The molecule has 1 aromatic heterocycles. The lowest BCUT2D eigenvalue weighted by Gasteiger charge is -2.12.